The molecule has 2 aromatic carbocycles. The first-order valence-corrected chi connectivity index (χ1v) is 5.36. The van der Waals surface area contributed by atoms with E-state index in [9.17, 15) is 0 Å². The Hall–Kier alpha value is -1.74. The molecule has 82 valence electrons. The summed E-state index contributed by atoms with van der Waals surface area (Å²) in [5, 5.41) is 5.39. The van der Waals surface area contributed by atoms with E-state index in [0.29, 0.717) is 6.61 Å². The molecule has 0 saturated carbocycles. The number of likely N-dealkylation sites (N-methyl/N-ethyl adjacent to an activating group) is 1. The number of ether oxygens (including phenoxy) is 2. The third kappa shape index (κ3) is 1.49. The molecule has 0 aromatic heterocycles. The molecule has 0 spiro atoms. The van der Waals surface area contributed by atoms with Crippen molar-refractivity contribution in [3.8, 4) is 11.5 Å². The van der Waals surface area contributed by atoms with Crippen molar-refractivity contribution in [1.82, 2.24) is 5.32 Å². The van der Waals surface area contributed by atoms with Crippen LogP contribution in [-0.4, -0.2) is 19.9 Å². The van der Waals surface area contributed by atoms with Crippen molar-refractivity contribution >= 4 is 10.8 Å². The molecule has 0 fully saturated rings. The highest BCUT2D eigenvalue weighted by Crippen LogP contribution is 2.35. The molecule has 3 nitrogen and oxygen atoms in total. The summed E-state index contributed by atoms with van der Waals surface area (Å²) < 4.78 is 11.4. The fourth-order valence-corrected chi connectivity index (χ4v) is 1.90. The first kappa shape index (κ1) is 9.48. The molecule has 0 aliphatic carbocycles. The van der Waals surface area contributed by atoms with E-state index in [4.69, 9.17) is 9.47 Å². The maximum Gasteiger partial charge on any atom is 0.184 e. The van der Waals surface area contributed by atoms with Gasteiger partial charge in [-0.05, 0) is 30.0 Å². The molecule has 0 saturated heterocycles. The van der Waals surface area contributed by atoms with Crippen LogP contribution in [0.2, 0.25) is 0 Å². The Kier molecular flexibility index (Phi) is 2.18. The van der Waals surface area contributed by atoms with Crippen LogP contribution in [0.5, 0.6) is 11.5 Å². The van der Waals surface area contributed by atoms with E-state index in [0.717, 1.165) is 11.5 Å². The molecule has 16 heavy (non-hydrogen) atoms. The second-order valence-corrected chi connectivity index (χ2v) is 3.85. The van der Waals surface area contributed by atoms with E-state index >= 15 is 0 Å². The summed E-state index contributed by atoms with van der Waals surface area (Å²) >= 11 is 0. The molecule has 1 unspecified atom stereocenters. The van der Waals surface area contributed by atoms with E-state index in [1.807, 2.05) is 31.3 Å². The average Bonchev–Trinajstić information content (AvgIpc) is 2.35. The lowest BCUT2D eigenvalue weighted by Crippen LogP contribution is -2.39. The molecule has 3 rings (SSSR count). The minimum absolute atomic E-state index is 0.0614. The third-order valence-corrected chi connectivity index (χ3v) is 2.79. The molecule has 1 aliphatic rings. The van der Waals surface area contributed by atoms with Crippen LogP contribution in [-0.2, 0) is 0 Å². The zero-order valence-electron chi connectivity index (χ0n) is 9.07. The quantitative estimate of drug-likeness (QED) is 0.790. The van der Waals surface area contributed by atoms with Gasteiger partial charge in [-0.2, -0.15) is 0 Å². The number of hydrogen-bond donors (Lipinski definition) is 1. The number of hydrogen-bond acceptors (Lipinski definition) is 3. The van der Waals surface area contributed by atoms with E-state index in [1.54, 1.807) is 0 Å². The van der Waals surface area contributed by atoms with Crippen molar-refractivity contribution in [3.63, 3.8) is 0 Å². The third-order valence-electron chi connectivity index (χ3n) is 2.79. The topological polar surface area (TPSA) is 30.5 Å². The molecule has 3 heteroatoms. The van der Waals surface area contributed by atoms with Crippen molar-refractivity contribution < 1.29 is 9.47 Å². The summed E-state index contributed by atoms with van der Waals surface area (Å²) in [4.78, 5) is 0. The van der Waals surface area contributed by atoms with Gasteiger partial charge in [-0.25, -0.2) is 0 Å². The summed E-state index contributed by atoms with van der Waals surface area (Å²) in [5.74, 6) is 1.63. The minimum atomic E-state index is -0.0614. The van der Waals surface area contributed by atoms with E-state index in [2.05, 4.69) is 17.4 Å². The smallest absolute Gasteiger partial charge is 0.184 e. The molecule has 0 bridgehead atoms. The summed E-state index contributed by atoms with van der Waals surface area (Å²) in [7, 11) is 1.86. The standard InChI is InChI=1S/C13H13NO2/c1-14-13-8-15-11-6-9-4-2-3-5-10(9)7-12(11)16-13/h2-7,13-14H,8H2,1H3. The van der Waals surface area contributed by atoms with Crippen molar-refractivity contribution in [2.45, 2.75) is 6.23 Å². The summed E-state index contributed by atoms with van der Waals surface area (Å²) in [6.45, 7) is 0.543. The maximum absolute atomic E-state index is 5.75. The van der Waals surface area contributed by atoms with E-state index in [-0.39, 0.29) is 6.23 Å². The lowest BCUT2D eigenvalue weighted by atomic mass is 10.1. The molecule has 1 atom stereocenters. The van der Waals surface area contributed by atoms with Crippen LogP contribution < -0.4 is 14.8 Å². The number of nitrogens with one attached hydrogen (secondary N) is 1. The van der Waals surface area contributed by atoms with Crippen molar-refractivity contribution in [2.24, 2.45) is 0 Å². The molecule has 1 aliphatic heterocycles. The minimum Gasteiger partial charge on any atom is -0.484 e. The van der Waals surface area contributed by atoms with Crippen molar-refractivity contribution in [2.75, 3.05) is 13.7 Å². The van der Waals surface area contributed by atoms with Crippen LogP contribution in [0.3, 0.4) is 0 Å². The molecule has 1 heterocycles. The Morgan fingerprint density at radius 3 is 2.50 bits per heavy atom. The fraction of sp³-hybridized carbons (Fsp3) is 0.231. The van der Waals surface area contributed by atoms with Gasteiger partial charge in [0.15, 0.2) is 17.7 Å². The zero-order valence-corrected chi connectivity index (χ0v) is 9.07. The lowest BCUT2D eigenvalue weighted by Gasteiger charge is -2.26. The van der Waals surface area contributed by atoms with Gasteiger partial charge < -0.3 is 9.47 Å². The average molecular weight is 215 g/mol. The van der Waals surface area contributed by atoms with Crippen LogP contribution in [0.1, 0.15) is 0 Å². The number of rotatable bonds is 1. The van der Waals surface area contributed by atoms with Gasteiger partial charge in [0.2, 0.25) is 0 Å². The molecule has 0 radical (unpaired) electrons. The van der Waals surface area contributed by atoms with Crippen molar-refractivity contribution in [1.29, 1.82) is 0 Å². The largest absolute Gasteiger partial charge is 0.484 e. The van der Waals surface area contributed by atoms with Gasteiger partial charge >= 0.3 is 0 Å². The second-order valence-electron chi connectivity index (χ2n) is 3.85. The number of fused-ring (bicyclic) bond motifs is 2. The van der Waals surface area contributed by atoms with E-state index in [1.165, 1.54) is 10.8 Å². The Morgan fingerprint density at radius 2 is 1.81 bits per heavy atom. The number of benzene rings is 2. The summed E-state index contributed by atoms with van der Waals surface area (Å²) in [6, 6.07) is 12.2. The Balaban J connectivity index is 2.10. The maximum atomic E-state index is 5.75. The Labute approximate surface area is 94.0 Å². The Bertz CT molecular complexity index is 524. The summed E-state index contributed by atoms with van der Waals surface area (Å²) in [6.07, 6.45) is -0.0614. The first-order valence-electron chi connectivity index (χ1n) is 5.36. The van der Waals surface area contributed by atoms with Crippen LogP contribution in [0.15, 0.2) is 36.4 Å². The molecular weight excluding hydrogens is 202 g/mol. The highest BCUT2D eigenvalue weighted by atomic mass is 16.6. The fourth-order valence-electron chi connectivity index (χ4n) is 1.90. The second kappa shape index (κ2) is 3.68. The van der Waals surface area contributed by atoms with Crippen LogP contribution >= 0.6 is 0 Å². The molecule has 0 amide bonds. The predicted molar refractivity (Wildman–Crippen MR) is 62.9 cm³/mol. The predicted octanol–water partition coefficient (Wildman–Crippen LogP) is 2.16. The van der Waals surface area contributed by atoms with Gasteiger partial charge in [0.25, 0.3) is 0 Å². The molecular formula is C13H13NO2. The van der Waals surface area contributed by atoms with Gasteiger partial charge in [-0.3, -0.25) is 5.32 Å². The lowest BCUT2D eigenvalue weighted by molar-refractivity contribution is 0.0729. The molecule has 2 aromatic rings. The highest BCUT2D eigenvalue weighted by molar-refractivity contribution is 5.86. The van der Waals surface area contributed by atoms with E-state index < -0.39 is 0 Å². The zero-order chi connectivity index (χ0) is 11.0. The van der Waals surface area contributed by atoms with Gasteiger partial charge in [-0.1, -0.05) is 24.3 Å². The highest BCUT2D eigenvalue weighted by Gasteiger charge is 2.19. The van der Waals surface area contributed by atoms with Crippen LogP contribution in [0.4, 0.5) is 0 Å². The van der Waals surface area contributed by atoms with Crippen LogP contribution in [0.25, 0.3) is 10.8 Å². The summed E-state index contributed by atoms with van der Waals surface area (Å²) in [5.41, 5.74) is 0. The van der Waals surface area contributed by atoms with Gasteiger partial charge in [0.1, 0.15) is 6.61 Å². The monoisotopic (exact) mass is 215 g/mol. The normalized spacial score (nSPS) is 18.7. The van der Waals surface area contributed by atoms with Gasteiger partial charge in [0.05, 0.1) is 0 Å². The first-order chi connectivity index (χ1) is 7.86. The Morgan fingerprint density at radius 1 is 1.12 bits per heavy atom. The van der Waals surface area contributed by atoms with Gasteiger partial charge in [0, 0.05) is 0 Å². The molecule has 1 N–H and O–H groups in total. The van der Waals surface area contributed by atoms with Crippen molar-refractivity contribution in [3.05, 3.63) is 36.4 Å². The van der Waals surface area contributed by atoms with Crippen LogP contribution in [0, 0.1) is 0 Å². The SMILES string of the molecule is CNC1COc2cc3ccccc3cc2O1. The van der Waals surface area contributed by atoms with Gasteiger partial charge in [-0.15, -0.1) is 0 Å².